The first-order valence-electron chi connectivity index (χ1n) is 14.6. The number of aliphatic hydroxyl groups excluding tert-OH is 2. The summed E-state index contributed by atoms with van der Waals surface area (Å²) < 4.78 is 0. The van der Waals surface area contributed by atoms with Crippen molar-refractivity contribution in [2.75, 3.05) is 0 Å². The summed E-state index contributed by atoms with van der Waals surface area (Å²) in [5, 5.41) is 32.9. The van der Waals surface area contributed by atoms with Crippen LogP contribution in [0.3, 0.4) is 0 Å². The number of carbonyl (C=O) groups is 4. The number of carboxylic acids is 1. The van der Waals surface area contributed by atoms with Gasteiger partial charge in [-0.2, -0.15) is 0 Å². The summed E-state index contributed by atoms with van der Waals surface area (Å²) in [4.78, 5) is 48.5. The molecular formula is C30H49NO7. The Hall–Kier alpha value is -2.06. The van der Waals surface area contributed by atoms with Crippen molar-refractivity contribution >= 4 is 23.4 Å². The fourth-order valence-corrected chi connectivity index (χ4v) is 5.98. The van der Waals surface area contributed by atoms with Crippen LogP contribution in [0.2, 0.25) is 0 Å². The van der Waals surface area contributed by atoms with Crippen LogP contribution in [0.25, 0.3) is 0 Å². The third-order valence-electron chi connectivity index (χ3n) is 8.19. The quantitative estimate of drug-likeness (QED) is 0.161. The number of Topliss-reactive ketones (excluding diaryl/α,β-unsaturated/α-hetero) is 2. The van der Waals surface area contributed by atoms with Gasteiger partial charge in [-0.25, -0.2) is 4.79 Å². The van der Waals surface area contributed by atoms with E-state index in [1.165, 1.54) is 19.3 Å². The smallest absolute Gasteiger partial charge is 0.326 e. The van der Waals surface area contributed by atoms with Crippen LogP contribution in [0.5, 0.6) is 0 Å². The van der Waals surface area contributed by atoms with E-state index in [9.17, 15) is 34.5 Å². The van der Waals surface area contributed by atoms with Gasteiger partial charge in [-0.3, -0.25) is 14.4 Å². The molecule has 0 saturated heterocycles. The highest BCUT2D eigenvalue weighted by Gasteiger charge is 2.41. The predicted octanol–water partition coefficient (Wildman–Crippen LogP) is 4.21. The highest BCUT2D eigenvalue weighted by Crippen LogP contribution is 2.38. The molecule has 2 aliphatic rings. The number of aliphatic hydroxyl groups is 2. The van der Waals surface area contributed by atoms with Crippen LogP contribution in [0.1, 0.15) is 104 Å². The average Bonchev–Trinajstić information content (AvgIpc) is 3.42. The Labute approximate surface area is 227 Å². The van der Waals surface area contributed by atoms with E-state index < -0.39 is 36.1 Å². The Morgan fingerprint density at radius 2 is 1.82 bits per heavy atom. The number of unbranched alkanes of at least 4 members (excludes halogenated alkanes) is 2. The second kappa shape index (κ2) is 16.1. The number of nitrogens with one attached hydrogen (secondary N) is 1. The Bertz CT molecular complexity index is 823. The molecule has 1 amide bonds. The zero-order valence-electron chi connectivity index (χ0n) is 23.4. The van der Waals surface area contributed by atoms with Crippen molar-refractivity contribution in [2.24, 2.45) is 29.6 Å². The molecule has 2 aliphatic carbocycles. The highest BCUT2D eigenvalue weighted by atomic mass is 16.4. The van der Waals surface area contributed by atoms with Gasteiger partial charge in [0.05, 0.1) is 12.2 Å². The van der Waals surface area contributed by atoms with E-state index in [2.05, 4.69) is 12.2 Å². The van der Waals surface area contributed by atoms with Crippen molar-refractivity contribution in [1.82, 2.24) is 5.32 Å². The molecule has 0 aromatic heterocycles. The summed E-state index contributed by atoms with van der Waals surface area (Å²) >= 11 is 0. The molecule has 0 aromatic rings. The van der Waals surface area contributed by atoms with E-state index in [0.717, 1.165) is 19.3 Å². The number of carbonyl (C=O) groups excluding carboxylic acids is 3. The van der Waals surface area contributed by atoms with Gasteiger partial charge in [-0.05, 0) is 49.9 Å². The molecule has 2 saturated carbocycles. The number of aliphatic carboxylic acids is 1. The molecule has 0 spiro atoms. The van der Waals surface area contributed by atoms with Crippen LogP contribution in [-0.2, 0) is 19.2 Å². The van der Waals surface area contributed by atoms with Crippen molar-refractivity contribution in [3.05, 3.63) is 12.2 Å². The lowest BCUT2D eigenvalue weighted by atomic mass is 9.87. The molecule has 7 atom stereocenters. The van der Waals surface area contributed by atoms with Gasteiger partial charge >= 0.3 is 5.97 Å². The summed E-state index contributed by atoms with van der Waals surface area (Å²) in [6.07, 6.45) is 10.4. The number of hydrogen-bond acceptors (Lipinski definition) is 6. The molecule has 0 unspecified atom stereocenters. The van der Waals surface area contributed by atoms with Gasteiger partial charge in [0.1, 0.15) is 17.6 Å². The van der Waals surface area contributed by atoms with Crippen molar-refractivity contribution in [2.45, 2.75) is 122 Å². The molecular weight excluding hydrogens is 486 g/mol. The average molecular weight is 536 g/mol. The Balaban J connectivity index is 1.78. The van der Waals surface area contributed by atoms with E-state index in [0.29, 0.717) is 25.2 Å². The molecule has 0 aromatic carbocycles. The number of ketones is 2. The van der Waals surface area contributed by atoms with Gasteiger partial charge in [0.15, 0.2) is 0 Å². The molecule has 38 heavy (non-hydrogen) atoms. The Morgan fingerprint density at radius 3 is 2.47 bits per heavy atom. The summed E-state index contributed by atoms with van der Waals surface area (Å²) in [6, 6.07) is -0.913. The van der Waals surface area contributed by atoms with E-state index in [4.69, 9.17) is 0 Å². The molecule has 0 radical (unpaired) electrons. The zero-order chi connectivity index (χ0) is 28.2. The van der Waals surface area contributed by atoms with Gasteiger partial charge in [-0.1, -0.05) is 58.6 Å². The monoisotopic (exact) mass is 535 g/mol. The number of amides is 1. The minimum Gasteiger partial charge on any atom is -0.480 e. The predicted molar refractivity (Wildman–Crippen MR) is 145 cm³/mol. The van der Waals surface area contributed by atoms with Crippen molar-refractivity contribution in [1.29, 1.82) is 0 Å². The SMILES string of the molecule is CCCC[C@H]1CC[C@H]([C@@H](O)/C=C/[C@H]2[C@H](O)CC(=O)[C@@H]2CC(=O)CCCCC(=O)N[C@H](CC(C)C)C(=O)O)C1. The molecule has 4 N–H and O–H groups in total. The van der Waals surface area contributed by atoms with Crippen molar-refractivity contribution < 1.29 is 34.5 Å². The lowest BCUT2D eigenvalue weighted by Crippen LogP contribution is -2.41. The Kier molecular flexibility index (Phi) is 13.7. The third-order valence-corrected chi connectivity index (χ3v) is 8.19. The van der Waals surface area contributed by atoms with Crippen LogP contribution < -0.4 is 5.32 Å². The molecule has 8 heteroatoms. The van der Waals surface area contributed by atoms with E-state index in [1.807, 2.05) is 13.8 Å². The van der Waals surface area contributed by atoms with E-state index in [1.54, 1.807) is 12.2 Å². The maximum Gasteiger partial charge on any atom is 0.326 e. The molecule has 8 nitrogen and oxygen atoms in total. The fourth-order valence-electron chi connectivity index (χ4n) is 5.98. The minimum atomic E-state index is -1.05. The first-order chi connectivity index (χ1) is 18.0. The summed E-state index contributed by atoms with van der Waals surface area (Å²) in [5.74, 6) is -1.67. The lowest BCUT2D eigenvalue weighted by Gasteiger charge is -2.19. The van der Waals surface area contributed by atoms with Gasteiger partial charge in [-0.15, -0.1) is 0 Å². The van der Waals surface area contributed by atoms with Crippen molar-refractivity contribution in [3.8, 4) is 0 Å². The number of rotatable bonds is 17. The highest BCUT2D eigenvalue weighted by molar-refractivity contribution is 5.90. The fraction of sp³-hybridized carbons (Fsp3) is 0.800. The lowest BCUT2D eigenvalue weighted by molar-refractivity contribution is -0.142. The van der Waals surface area contributed by atoms with Gasteiger partial charge in [0, 0.05) is 37.5 Å². The summed E-state index contributed by atoms with van der Waals surface area (Å²) in [5.41, 5.74) is 0. The topological polar surface area (TPSA) is 141 Å². The molecule has 0 aliphatic heterocycles. The molecule has 2 fully saturated rings. The molecule has 0 bridgehead atoms. The minimum absolute atomic E-state index is 0.0207. The third kappa shape index (κ3) is 10.6. The normalized spacial score (nSPS) is 27.2. The van der Waals surface area contributed by atoms with Gasteiger partial charge < -0.3 is 20.6 Å². The zero-order valence-corrected chi connectivity index (χ0v) is 23.4. The molecule has 0 heterocycles. The first kappa shape index (κ1) is 32.2. The van der Waals surface area contributed by atoms with Crippen LogP contribution in [-0.4, -0.2) is 57.0 Å². The number of carboxylic acid groups (broad SMARTS) is 1. The van der Waals surface area contributed by atoms with Gasteiger partial charge in [0.25, 0.3) is 0 Å². The van der Waals surface area contributed by atoms with E-state index >= 15 is 0 Å². The molecule has 2 rings (SSSR count). The van der Waals surface area contributed by atoms with E-state index in [-0.39, 0.29) is 55.0 Å². The number of hydrogen-bond donors (Lipinski definition) is 4. The van der Waals surface area contributed by atoms with Crippen molar-refractivity contribution in [3.63, 3.8) is 0 Å². The van der Waals surface area contributed by atoms with Crippen LogP contribution in [0.4, 0.5) is 0 Å². The summed E-state index contributed by atoms with van der Waals surface area (Å²) in [7, 11) is 0. The second-order valence-electron chi connectivity index (χ2n) is 11.9. The van der Waals surface area contributed by atoms with Gasteiger partial charge in [0.2, 0.25) is 5.91 Å². The largest absolute Gasteiger partial charge is 0.480 e. The second-order valence-corrected chi connectivity index (χ2v) is 11.9. The maximum atomic E-state index is 12.6. The van der Waals surface area contributed by atoms with Crippen LogP contribution >= 0.6 is 0 Å². The molecule has 216 valence electrons. The first-order valence-corrected chi connectivity index (χ1v) is 14.6. The summed E-state index contributed by atoms with van der Waals surface area (Å²) in [6.45, 7) is 5.97. The Morgan fingerprint density at radius 1 is 1.11 bits per heavy atom. The van der Waals surface area contributed by atoms with Crippen LogP contribution in [0, 0.1) is 29.6 Å². The standard InChI is InChI=1S/C30H49NO7/c1-4-5-8-20-11-12-21(16-20)26(33)14-13-23-24(28(35)18-27(23)34)17-22(32)9-6-7-10-29(36)31-25(30(37)38)15-19(2)3/h13-14,19-21,23-27,33-34H,4-12,15-18H2,1-3H3,(H,31,36)(H,37,38)/b14-13+/t20-,21-,23+,24+,25+,26-,27+/m0/s1. The van der Waals surface area contributed by atoms with Crippen LogP contribution in [0.15, 0.2) is 12.2 Å². The maximum absolute atomic E-state index is 12.6.